The maximum atomic E-state index is 5.12. The molecule has 0 N–H and O–H groups in total. The van der Waals surface area contributed by atoms with Crippen LogP contribution in [0.5, 0.6) is 0 Å². The summed E-state index contributed by atoms with van der Waals surface area (Å²) in [6, 6.07) is 0. The van der Waals surface area contributed by atoms with Gasteiger partial charge >= 0.3 is 0 Å². The van der Waals surface area contributed by atoms with E-state index < -0.39 is 0 Å². The quantitative estimate of drug-likeness (QED) is 0.568. The highest BCUT2D eigenvalue weighted by atomic mass is 35.5. The summed E-state index contributed by atoms with van der Waals surface area (Å²) in [5, 5.41) is 0. The predicted octanol–water partition coefficient (Wildman–Crippen LogP) is 2.53. The zero-order chi connectivity index (χ0) is 6.41. The molecule has 0 aromatic carbocycles. The molecule has 0 aliphatic heterocycles. The van der Waals surface area contributed by atoms with Crippen LogP contribution in [-0.4, -0.2) is 17.8 Å². The number of nitrogens with zero attached hydrogens (tertiary/aromatic N) is 2. The van der Waals surface area contributed by atoms with Crippen LogP contribution >= 0.6 is 20.3 Å². The molecule has 0 fully saturated rings. The molecule has 0 bridgehead atoms. The minimum Gasteiger partial charge on any atom is -0.241 e. The lowest BCUT2D eigenvalue weighted by Gasteiger charge is -2.06. The molecule has 0 saturated heterocycles. The normalized spacial score (nSPS) is 11.5. The molecule has 0 radical (unpaired) electrons. The van der Waals surface area contributed by atoms with E-state index >= 15 is 0 Å². The van der Waals surface area contributed by atoms with E-state index in [2.05, 4.69) is 22.8 Å². The van der Waals surface area contributed by atoms with Crippen molar-refractivity contribution in [3.8, 4) is 0 Å². The van der Waals surface area contributed by atoms with E-state index in [0.717, 1.165) is 21.6 Å². The van der Waals surface area contributed by atoms with Gasteiger partial charge in [0.1, 0.15) is 8.52 Å². The van der Waals surface area contributed by atoms with Gasteiger partial charge in [0.05, 0.1) is 0 Å². The molecule has 0 saturated carbocycles. The smallest absolute Gasteiger partial charge is 0.115 e. The molecule has 0 atom stereocenters. The molecule has 0 aromatic rings. The molecule has 2 nitrogen and oxygen atoms in total. The Morgan fingerprint density at radius 3 is 2.12 bits per heavy atom. The molecule has 0 unspecified atom stereocenters. The Morgan fingerprint density at radius 2 is 2.00 bits per heavy atom. The highest BCUT2D eigenvalue weighted by molar-refractivity contribution is 7.25. The monoisotopic (exact) mass is 152 g/mol. The molecule has 0 aliphatic carbocycles. The second-order valence-electron chi connectivity index (χ2n) is 1.30. The van der Waals surface area contributed by atoms with Crippen LogP contribution in [0.1, 0.15) is 13.8 Å². The second kappa shape index (κ2) is 5.49. The summed E-state index contributed by atoms with van der Waals surface area (Å²) in [6.45, 7) is 6.18. The van der Waals surface area contributed by atoms with Gasteiger partial charge in [0.2, 0.25) is 0 Å². The number of hydrogen-bond donors (Lipinski definition) is 0. The van der Waals surface area contributed by atoms with Crippen molar-refractivity contribution in [3.05, 3.63) is 0 Å². The average Bonchev–Trinajstić information content (AvgIpc) is 1.83. The SMILES string of the molecule is CCN(CC)P=NCl. The molecule has 0 aliphatic rings. The van der Waals surface area contributed by atoms with E-state index in [-0.39, 0.29) is 0 Å². The molecular formula is C4H10ClN2P. The Bertz CT molecular complexity index is 72.4. The predicted molar refractivity (Wildman–Crippen MR) is 38.1 cm³/mol. The molecule has 0 heterocycles. The average molecular weight is 153 g/mol. The first-order valence-corrected chi connectivity index (χ1v) is 3.75. The standard InChI is InChI=1S/C4H10ClN2P/c1-3-7(4-2)8-6-5/h3-4H2,1-2H3. The number of halogens is 1. The van der Waals surface area contributed by atoms with Crippen LogP contribution in [0, 0.1) is 0 Å². The molecule has 0 amide bonds. The van der Waals surface area contributed by atoms with Crippen molar-refractivity contribution in [1.82, 2.24) is 4.67 Å². The van der Waals surface area contributed by atoms with Crippen LogP contribution in [0.2, 0.25) is 0 Å². The minimum absolute atomic E-state index is 0.865. The molecule has 8 heavy (non-hydrogen) atoms. The second-order valence-corrected chi connectivity index (χ2v) is 2.65. The Labute approximate surface area is 56.9 Å². The zero-order valence-electron chi connectivity index (χ0n) is 5.13. The Morgan fingerprint density at radius 1 is 1.50 bits per heavy atom. The molecule has 48 valence electrons. The van der Waals surface area contributed by atoms with Crippen molar-refractivity contribution < 1.29 is 0 Å². The van der Waals surface area contributed by atoms with E-state index in [1.54, 1.807) is 0 Å². The Hall–Kier alpha value is 0.350. The Balaban J connectivity index is 3.36. The van der Waals surface area contributed by atoms with Gasteiger partial charge < -0.3 is 0 Å². The molecule has 0 spiro atoms. The van der Waals surface area contributed by atoms with Gasteiger partial charge in [-0.3, -0.25) is 0 Å². The molecular weight excluding hydrogens is 142 g/mol. The summed E-state index contributed by atoms with van der Waals surface area (Å²) in [5.41, 5.74) is 0. The van der Waals surface area contributed by atoms with Gasteiger partial charge in [0.15, 0.2) is 0 Å². The largest absolute Gasteiger partial charge is 0.241 e. The fraction of sp³-hybridized carbons (Fsp3) is 1.00. The van der Waals surface area contributed by atoms with E-state index in [9.17, 15) is 0 Å². The summed E-state index contributed by atoms with van der Waals surface area (Å²) in [6.07, 6.45) is 0. The summed E-state index contributed by atoms with van der Waals surface area (Å²) < 4.78 is 5.55. The van der Waals surface area contributed by atoms with Crippen LogP contribution in [0.3, 0.4) is 0 Å². The summed E-state index contributed by atoms with van der Waals surface area (Å²) in [5.74, 6) is 0. The lowest BCUT2D eigenvalue weighted by molar-refractivity contribution is 0.520. The topological polar surface area (TPSA) is 15.6 Å². The molecule has 4 heteroatoms. The highest BCUT2D eigenvalue weighted by Gasteiger charge is 1.90. The first-order valence-electron chi connectivity index (χ1n) is 2.62. The Kier molecular flexibility index (Phi) is 5.73. The van der Waals surface area contributed by atoms with Crippen LogP contribution < -0.4 is 0 Å². The van der Waals surface area contributed by atoms with Crippen LogP contribution in [0.25, 0.3) is 0 Å². The van der Waals surface area contributed by atoms with Gasteiger partial charge in [-0.25, -0.2) is 4.67 Å². The van der Waals surface area contributed by atoms with Gasteiger partial charge in [-0.2, -0.15) is 0 Å². The minimum atomic E-state index is 0.865. The van der Waals surface area contributed by atoms with Crippen molar-refractivity contribution >= 4 is 20.3 Å². The number of hydrogen-bond acceptors (Lipinski definition) is 1. The third-order valence-electron chi connectivity index (χ3n) is 0.890. The summed E-state index contributed by atoms with van der Waals surface area (Å²) in [7, 11) is 0.865. The first-order chi connectivity index (χ1) is 3.85. The van der Waals surface area contributed by atoms with E-state index in [1.165, 1.54) is 0 Å². The first kappa shape index (κ1) is 8.35. The van der Waals surface area contributed by atoms with Gasteiger partial charge in [-0.05, 0) is 0 Å². The van der Waals surface area contributed by atoms with E-state index in [4.69, 9.17) is 11.8 Å². The van der Waals surface area contributed by atoms with Crippen molar-refractivity contribution in [1.29, 1.82) is 0 Å². The maximum absolute atomic E-state index is 5.12. The molecule has 0 aromatic heterocycles. The summed E-state index contributed by atoms with van der Waals surface area (Å²) >= 11 is 5.12. The fourth-order valence-corrected chi connectivity index (χ4v) is 1.03. The van der Waals surface area contributed by atoms with Gasteiger partial charge in [0.25, 0.3) is 0 Å². The summed E-state index contributed by atoms with van der Waals surface area (Å²) in [4.78, 5) is 0. The van der Waals surface area contributed by atoms with Crippen molar-refractivity contribution in [2.24, 2.45) is 4.26 Å². The third kappa shape index (κ3) is 3.36. The van der Waals surface area contributed by atoms with Crippen molar-refractivity contribution in [3.63, 3.8) is 0 Å². The fourth-order valence-electron chi connectivity index (χ4n) is 0.398. The third-order valence-corrected chi connectivity index (χ3v) is 1.98. The van der Waals surface area contributed by atoms with Gasteiger partial charge in [-0.1, -0.05) is 13.8 Å². The maximum Gasteiger partial charge on any atom is 0.115 e. The number of rotatable bonds is 3. The molecule has 0 rings (SSSR count). The van der Waals surface area contributed by atoms with E-state index in [1.807, 2.05) is 0 Å². The lowest BCUT2D eigenvalue weighted by Crippen LogP contribution is -2.08. The van der Waals surface area contributed by atoms with Crippen LogP contribution in [0.4, 0.5) is 0 Å². The highest BCUT2D eigenvalue weighted by Crippen LogP contribution is 2.08. The lowest BCUT2D eigenvalue weighted by atomic mass is 10.7. The van der Waals surface area contributed by atoms with Gasteiger partial charge in [-0.15, -0.1) is 4.26 Å². The van der Waals surface area contributed by atoms with Crippen LogP contribution in [0.15, 0.2) is 4.26 Å². The van der Waals surface area contributed by atoms with Crippen molar-refractivity contribution in [2.45, 2.75) is 13.8 Å². The van der Waals surface area contributed by atoms with E-state index in [0.29, 0.717) is 0 Å². The zero-order valence-corrected chi connectivity index (χ0v) is 6.78. The van der Waals surface area contributed by atoms with Crippen molar-refractivity contribution in [2.75, 3.05) is 13.1 Å². The van der Waals surface area contributed by atoms with Crippen LogP contribution in [-0.2, 0) is 0 Å². The van der Waals surface area contributed by atoms with Gasteiger partial charge in [0, 0.05) is 24.9 Å².